The summed E-state index contributed by atoms with van der Waals surface area (Å²) in [5.41, 5.74) is 3.94. The standard InChI is InChI=1S/C19H21N5O/c1-14-13-20-10-9-16(14)21-11-12-22-19-8-7-17(23-24-19)15-5-3-4-6-18(15)25-2/h3-10,13H,11-12H2,1-2H3,(H,20,21)(H,22,24). The second-order valence-electron chi connectivity index (χ2n) is 5.55. The molecule has 0 spiro atoms. The van der Waals surface area contributed by atoms with Crippen LogP contribution in [-0.2, 0) is 0 Å². The zero-order chi connectivity index (χ0) is 17.5. The molecule has 2 aromatic heterocycles. The summed E-state index contributed by atoms with van der Waals surface area (Å²) >= 11 is 0. The van der Waals surface area contributed by atoms with Crippen LogP contribution in [0.25, 0.3) is 11.3 Å². The highest BCUT2D eigenvalue weighted by atomic mass is 16.5. The van der Waals surface area contributed by atoms with Crippen LogP contribution in [0.15, 0.2) is 54.9 Å². The summed E-state index contributed by atoms with van der Waals surface area (Å²) in [6, 6.07) is 13.6. The highest BCUT2D eigenvalue weighted by Gasteiger charge is 2.06. The topological polar surface area (TPSA) is 72.0 Å². The van der Waals surface area contributed by atoms with Crippen molar-refractivity contribution in [1.82, 2.24) is 15.2 Å². The molecule has 0 unspecified atom stereocenters. The van der Waals surface area contributed by atoms with Crippen LogP contribution in [0.5, 0.6) is 5.75 Å². The zero-order valence-corrected chi connectivity index (χ0v) is 14.4. The first-order valence-electron chi connectivity index (χ1n) is 8.13. The van der Waals surface area contributed by atoms with Gasteiger partial charge in [-0.25, -0.2) is 0 Å². The lowest BCUT2D eigenvalue weighted by molar-refractivity contribution is 0.416. The number of para-hydroxylation sites is 1. The van der Waals surface area contributed by atoms with E-state index in [1.54, 1.807) is 13.3 Å². The van der Waals surface area contributed by atoms with Gasteiger partial charge in [0.05, 0.1) is 12.8 Å². The largest absolute Gasteiger partial charge is 0.496 e. The van der Waals surface area contributed by atoms with E-state index < -0.39 is 0 Å². The van der Waals surface area contributed by atoms with E-state index in [0.29, 0.717) is 0 Å². The van der Waals surface area contributed by atoms with E-state index in [1.165, 1.54) is 0 Å². The molecule has 2 heterocycles. The van der Waals surface area contributed by atoms with Crippen molar-refractivity contribution in [2.45, 2.75) is 6.92 Å². The Morgan fingerprint density at radius 1 is 0.960 bits per heavy atom. The van der Waals surface area contributed by atoms with Crippen LogP contribution in [0.4, 0.5) is 11.5 Å². The number of aryl methyl sites for hydroxylation is 1. The Labute approximate surface area is 147 Å². The molecule has 0 fully saturated rings. The monoisotopic (exact) mass is 335 g/mol. The van der Waals surface area contributed by atoms with Gasteiger partial charge in [0.2, 0.25) is 0 Å². The summed E-state index contributed by atoms with van der Waals surface area (Å²) in [6.07, 6.45) is 3.63. The van der Waals surface area contributed by atoms with Gasteiger partial charge >= 0.3 is 0 Å². The summed E-state index contributed by atoms with van der Waals surface area (Å²) < 4.78 is 5.36. The number of pyridine rings is 1. The maximum atomic E-state index is 5.36. The Morgan fingerprint density at radius 3 is 2.56 bits per heavy atom. The average Bonchev–Trinajstić information content (AvgIpc) is 2.67. The van der Waals surface area contributed by atoms with Gasteiger partial charge in [-0.1, -0.05) is 12.1 Å². The van der Waals surface area contributed by atoms with Gasteiger partial charge < -0.3 is 15.4 Å². The predicted molar refractivity (Wildman–Crippen MR) is 100.0 cm³/mol. The van der Waals surface area contributed by atoms with E-state index in [4.69, 9.17) is 4.74 Å². The van der Waals surface area contributed by atoms with Crippen molar-refractivity contribution in [3.63, 3.8) is 0 Å². The average molecular weight is 335 g/mol. The normalized spacial score (nSPS) is 10.3. The molecule has 1 aromatic carbocycles. The fourth-order valence-corrected chi connectivity index (χ4v) is 2.49. The van der Waals surface area contributed by atoms with E-state index in [9.17, 15) is 0 Å². The third-order valence-electron chi connectivity index (χ3n) is 3.81. The van der Waals surface area contributed by atoms with Gasteiger partial charge in [-0.15, -0.1) is 10.2 Å². The quantitative estimate of drug-likeness (QED) is 0.645. The minimum Gasteiger partial charge on any atom is -0.496 e. The van der Waals surface area contributed by atoms with Gasteiger partial charge in [-0.3, -0.25) is 4.98 Å². The molecule has 128 valence electrons. The van der Waals surface area contributed by atoms with Crippen molar-refractivity contribution in [2.75, 3.05) is 30.8 Å². The lowest BCUT2D eigenvalue weighted by Crippen LogP contribution is -2.15. The number of nitrogens with one attached hydrogen (secondary N) is 2. The number of aromatic nitrogens is 3. The lowest BCUT2D eigenvalue weighted by Gasteiger charge is -2.10. The smallest absolute Gasteiger partial charge is 0.148 e. The number of benzene rings is 1. The van der Waals surface area contributed by atoms with Crippen LogP contribution >= 0.6 is 0 Å². The molecule has 0 bridgehead atoms. The Balaban J connectivity index is 1.55. The summed E-state index contributed by atoms with van der Waals surface area (Å²) in [5, 5.41) is 15.2. The minimum absolute atomic E-state index is 0.741. The number of hydrogen-bond donors (Lipinski definition) is 2. The number of methoxy groups -OCH3 is 1. The van der Waals surface area contributed by atoms with Crippen LogP contribution < -0.4 is 15.4 Å². The molecule has 3 rings (SSSR count). The van der Waals surface area contributed by atoms with Crippen LogP contribution in [-0.4, -0.2) is 35.4 Å². The molecule has 0 amide bonds. The maximum absolute atomic E-state index is 5.36. The van der Waals surface area contributed by atoms with Gasteiger partial charge in [-0.05, 0) is 42.8 Å². The first-order valence-corrected chi connectivity index (χ1v) is 8.13. The van der Waals surface area contributed by atoms with Gasteiger partial charge in [0, 0.05) is 36.7 Å². The van der Waals surface area contributed by atoms with Crippen molar-refractivity contribution in [3.05, 3.63) is 60.4 Å². The number of hydrogen-bond acceptors (Lipinski definition) is 6. The summed E-state index contributed by atoms with van der Waals surface area (Å²) in [7, 11) is 1.65. The fraction of sp³-hybridized carbons (Fsp3) is 0.211. The fourth-order valence-electron chi connectivity index (χ4n) is 2.49. The molecule has 3 aromatic rings. The molecule has 0 saturated carbocycles. The van der Waals surface area contributed by atoms with Crippen LogP contribution in [0, 0.1) is 6.92 Å². The highest BCUT2D eigenvalue weighted by Crippen LogP contribution is 2.27. The molecule has 0 aliphatic rings. The van der Waals surface area contributed by atoms with Crippen molar-refractivity contribution in [2.24, 2.45) is 0 Å². The molecule has 6 heteroatoms. The van der Waals surface area contributed by atoms with Gasteiger partial charge in [0.15, 0.2) is 0 Å². The van der Waals surface area contributed by atoms with Crippen molar-refractivity contribution in [3.8, 4) is 17.0 Å². The van der Waals surface area contributed by atoms with E-state index in [2.05, 4.69) is 25.8 Å². The van der Waals surface area contributed by atoms with Gasteiger partial charge in [-0.2, -0.15) is 0 Å². The van der Waals surface area contributed by atoms with E-state index in [0.717, 1.165) is 47.2 Å². The molecule has 0 aliphatic carbocycles. The van der Waals surface area contributed by atoms with Crippen LogP contribution in [0.3, 0.4) is 0 Å². The number of anilines is 2. The van der Waals surface area contributed by atoms with Crippen LogP contribution in [0.1, 0.15) is 5.56 Å². The highest BCUT2D eigenvalue weighted by molar-refractivity contribution is 5.67. The minimum atomic E-state index is 0.741. The van der Waals surface area contributed by atoms with Gasteiger partial charge in [0.25, 0.3) is 0 Å². The van der Waals surface area contributed by atoms with E-state index in [1.807, 2.05) is 55.6 Å². The molecule has 0 radical (unpaired) electrons. The van der Waals surface area contributed by atoms with Crippen LogP contribution in [0.2, 0.25) is 0 Å². The molecule has 2 N–H and O–H groups in total. The van der Waals surface area contributed by atoms with Crippen molar-refractivity contribution in [1.29, 1.82) is 0 Å². The Morgan fingerprint density at radius 2 is 1.80 bits per heavy atom. The molecule has 25 heavy (non-hydrogen) atoms. The summed E-state index contributed by atoms with van der Waals surface area (Å²) in [4.78, 5) is 4.08. The second-order valence-corrected chi connectivity index (χ2v) is 5.55. The SMILES string of the molecule is COc1ccccc1-c1ccc(NCCNc2ccncc2C)nn1. The molecular weight excluding hydrogens is 314 g/mol. The number of rotatable bonds is 7. The Kier molecular flexibility index (Phi) is 5.41. The summed E-state index contributed by atoms with van der Waals surface area (Å²) in [5.74, 6) is 1.53. The third-order valence-corrected chi connectivity index (χ3v) is 3.81. The maximum Gasteiger partial charge on any atom is 0.148 e. The Bertz CT molecular complexity index is 820. The second kappa shape index (κ2) is 8.10. The Hall–Kier alpha value is -3.15. The third kappa shape index (κ3) is 4.23. The zero-order valence-electron chi connectivity index (χ0n) is 14.4. The first kappa shape index (κ1) is 16.7. The first-order chi connectivity index (χ1) is 12.3. The molecule has 6 nitrogen and oxygen atoms in total. The van der Waals surface area contributed by atoms with Gasteiger partial charge in [0.1, 0.15) is 11.6 Å². The van der Waals surface area contributed by atoms with E-state index in [-0.39, 0.29) is 0 Å². The number of nitrogens with zero attached hydrogens (tertiary/aromatic N) is 3. The number of ether oxygens (including phenoxy) is 1. The molecule has 0 saturated heterocycles. The predicted octanol–water partition coefficient (Wildman–Crippen LogP) is 3.38. The molecule has 0 atom stereocenters. The molecular formula is C19H21N5O. The van der Waals surface area contributed by atoms with E-state index >= 15 is 0 Å². The lowest BCUT2D eigenvalue weighted by atomic mass is 10.1. The van der Waals surface area contributed by atoms with Crippen molar-refractivity contribution >= 4 is 11.5 Å². The van der Waals surface area contributed by atoms with Crippen molar-refractivity contribution < 1.29 is 4.74 Å². The molecule has 0 aliphatic heterocycles. The summed E-state index contributed by atoms with van der Waals surface area (Å²) in [6.45, 7) is 3.55.